The lowest BCUT2D eigenvalue weighted by Crippen LogP contribution is -2.31. The van der Waals surface area contributed by atoms with E-state index in [1.807, 2.05) is 13.8 Å². The standard InChI is InChI=1S/C19H21F3N4O3/c1-11(2)17-14(18(28)24-9-16(27)29-10-12-3-4-12)8-25-26(17)15-6-5-13(7-23-15)19(20,21)22/h5-8,11-12H,3-4,9-10H2,1-2H3,(H,24,28). The first kappa shape index (κ1) is 20.8. The molecule has 3 rings (SSSR count). The first-order chi connectivity index (χ1) is 13.7. The average Bonchev–Trinajstić information content (AvgIpc) is 3.39. The van der Waals surface area contributed by atoms with Crippen LogP contribution in [-0.4, -0.2) is 39.8 Å². The Morgan fingerprint density at radius 2 is 2.00 bits per heavy atom. The predicted molar refractivity (Wildman–Crippen MR) is 96.5 cm³/mol. The molecule has 1 N–H and O–H groups in total. The topological polar surface area (TPSA) is 86.1 Å². The van der Waals surface area contributed by atoms with E-state index in [1.165, 1.54) is 16.9 Å². The van der Waals surface area contributed by atoms with E-state index >= 15 is 0 Å². The fourth-order valence-corrected chi connectivity index (χ4v) is 2.74. The largest absolute Gasteiger partial charge is 0.464 e. The minimum atomic E-state index is -4.49. The Morgan fingerprint density at radius 1 is 1.28 bits per heavy atom. The van der Waals surface area contributed by atoms with Crippen molar-refractivity contribution in [2.45, 2.75) is 38.8 Å². The van der Waals surface area contributed by atoms with Crippen molar-refractivity contribution in [3.05, 3.63) is 41.3 Å². The normalized spacial score (nSPS) is 14.1. The second-order valence-electron chi connectivity index (χ2n) is 7.22. The lowest BCUT2D eigenvalue weighted by atomic mass is 10.1. The number of esters is 1. The molecule has 29 heavy (non-hydrogen) atoms. The van der Waals surface area contributed by atoms with Gasteiger partial charge in [-0.15, -0.1) is 0 Å². The number of halogens is 3. The van der Waals surface area contributed by atoms with E-state index in [4.69, 9.17) is 4.74 Å². The SMILES string of the molecule is CC(C)c1c(C(=O)NCC(=O)OCC2CC2)cnn1-c1ccc(C(F)(F)F)cn1. The Labute approximate surface area is 165 Å². The number of pyridine rings is 1. The predicted octanol–water partition coefficient (Wildman–Crippen LogP) is 3.09. The molecular formula is C19H21F3N4O3. The summed E-state index contributed by atoms with van der Waals surface area (Å²) in [7, 11) is 0. The van der Waals surface area contributed by atoms with Crippen LogP contribution >= 0.6 is 0 Å². The molecule has 1 fully saturated rings. The number of carbonyl (C=O) groups excluding carboxylic acids is 2. The number of alkyl halides is 3. The van der Waals surface area contributed by atoms with Gasteiger partial charge in [-0.3, -0.25) is 9.59 Å². The third-order valence-electron chi connectivity index (χ3n) is 4.46. The molecule has 1 aliphatic rings. The van der Waals surface area contributed by atoms with Crippen LogP contribution in [0.1, 0.15) is 54.2 Å². The van der Waals surface area contributed by atoms with Crippen molar-refractivity contribution in [2.24, 2.45) is 5.92 Å². The quantitative estimate of drug-likeness (QED) is 0.709. The Balaban J connectivity index is 1.74. The highest BCUT2D eigenvalue weighted by atomic mass is 19.4. The van der Waals surface area contributed by atoms with Crippen LogP contribution in [0.15, 0.2) is 24.5 Å². The van der Waals surface area contributed by atoms with E-state index in [2.05, 4.69) is 15.4 Å². The van der Waals surface area contributed by atoms with Gasteiger partial charge in [0.2, 0.25) is 0 Å². The Bertz CT molecular complexity index is 887. The van der Waals surface area contributed by atoms with E-state index in [-0.39, 0.29) is 23.8 Å². The highest BCUT2D eigenvalue weighted by molar-refractivity contribution is 5.97. The van der Waals surface area contributed by atoms with Gasteiger partial charge >= 0.3 is 12.1 Å². The molecule has 2 aromatic heterocycles. The van der Waals surface area contributed by atoms with E-state index in [0.717, 1.165) is 25.1 Å². The van der Waals surface area contributed by atoms with E-state index in [1.54, 1.807) is 0 Å². The molecule has 1 aliphatic carbocycles. The van der Waals surface area contributed by atoms with Gasteiger partial charge in [0.15, 0.2) is 5.82 Å². The fourth-order valence-electron chi connectivity index (χ4n) is 2.74. The number of rotatable bonds is 7. The molecule has 10 heteroatoms. The summed E-state index contributed by atoms with van der Waals surface area (Å²) in [6.07, 6.45) is -0.366. The monoisotopic (exact) mass is 410 g/mol. The summed E-state index contributed by atoms with van der Waals surface area (Å²) < 4.78 is 44.6. The number of nitrogens with zero attached hydrogens (tertiary/aromatic N) is 3. The Kier molecular flexibility index (Phi) is 5.90. The molecule has 0 bridgehead atoms. The summed E-state index contributed by atoms with van der Waals surface area (Å²) in [5, 5.41) is 6.61. The van der Waals surface area contributed by atoms with E-state index in [9.17, 15) is 22.8 Å². The van der Waals surface area contributed by atoms with Crippen molar-refractivity contribution in [1.29, 1.82) is 0 Å². The van der Waals surface area contributed by atoms with E-state index < -0.39 is 23.6 Å². The zero-order chi connectivity index (χ0) is 21.2. The van der Waals surface area contributed by atoms with Gasteiger partial charge in [-0.25, -0.2) is 9.67 Å². The van der Waals surface area contributed by atoms with Crippen LogP contribution in [0.2, 0.25) is 0 Å². The van der Waals surface area contributed by atoms with Gasteiger partial charge in [-0.05, 0) is 36.8 Å². The second-order valence-corrected chi connectivity index (χ2v) is 7.22. The van der Waals surface area contributed by atoms with Gasteiger partial charge in [-0.1, -0.05) is 13.8 Å². The summed E-state index contributed by atoms with van der Waals surface area (Å²) >= 11 is 0. The van der Waals surface area contributed by atoms with Gasteiger partial charge in [0, 0.05) is 6.20 Å². The number of ether oxygens (including phenoxy) is 1. The van der Waals surface area contributed by atoms with Crippen LogP contribution in [0.5, 0.6) is 0 Å². The van der Waals surface area contributed by atoms with Crippen molar-refractivity contribution < 1.29 is 27.5 Å². The van der Waals surface area contributed by atoms with Crippen LogP contribution in [0.3, 0.4) is 0 Å². The van der Waals surface area contributed by atoms with Gasteiger partial charge in [0.05, 0.1) is 29.6 Å². The van der Waals surface area contributed by atoms with Gasteiger partial charge in [-0.2, -0.15) is 18.3 Å². The van der Waals surface area contributed by atoms with Crippen molar-refractivity contribution in [3.8, 4) is 5.82 Å². The molecule has 1 saturated carbocycles. The minimum absolute atomic E-state index is 0.157. The fraction of sp³-hybridized carbons (Fsp3) is 0.474. The molecule has 0 aromatic carbocycles. The molecule has 0 radical (unpaired) electrons. The molecular weight excluding hydrogens is 389 g/mol. The summed E-state index contributed by atoms with van der Waals surface area (Å²) in [6.45, 7) is 3.73. The van der Waals surface area contributed by atoms with Gasteiger partial charge < -0.3 is 10.1 Å². The molecule has 7 nitrogen and oxygen atoms in total. The number of amides is 1. The Morgan fingerprint density at radius 3 is 2.55 bits per heavy atom. The van der Waals surface area contributed by atoms with Gasteiger partial charge in [0.25, 0.3) is 5.91 Å². The number of nitrogens with one attached hydrogen (secondary N) is 1. The lowest BCUT2D eigenvalue weighted by molar-refractivity contribution is -0.143. The minimum Gasteiger partial charge on any atom is -0.464 e. The average molecular weight is 410 g/mol. The third-order valence-corrected chi connectivity index (χ3v) is 4.46. The maximum Gasteiger partial charge on any atom is 0.417 e. The van der Waals surface area contributed by atoms with Crippen LogP contribution in [0.4, 0.5) is 13.2 Å². The molecule has 1 amide bonds. The molecule has 2 heterocycles. The van der Waals surface area contributed by atoms with Crippen molar-refractivity contribution >= 4 is 11.9 Å². The number of aromatic nitrogens is 3. The van der Waals surface area contributed by atoms with Crippen molar-refractivity contribution in [3.63, 3.8) is 0 Å². The van der Waals surface area contributed by atoms with Gasteiger partial charge in [0.1, 0.15) is 6.54 Å². The summed E-state index contributed by atoms with van der Waals surface area (Å²) in [5.41, 5.74) is -0.181. The molecule has 156 valence electrons. The van der Waals surface area contributed by atoms with Crippen LogP contribution in [0, 0.1) is 5.92 Å². The summed E-state index contributed by atoms with van der Waals surface area (Å²) in [6, 6.07) is 2.10. The molecule has 0 aliphatic heterocycles. The highest BCUT2D eigenvalue weighted by Gasteiger charge is 2.31. The summed E-state index contributed by atoms with van der Waals surface area (Å²) in [5.74, 6) is -0.631. The van der Waals surface area contributed by atoms with Crippen LogP contribution < -0.4 is 5.32 Å². The van der Waals surface area contributed by atoms with Crippen LogP contribution in [0.25, 0.3) is 5.82 Å². The Hall–Kier alpha value is -2.91. The van der Waals surface area contributed by atoms with Crippen molar-refractivity contribution in [1.82, 2.24) is 20.1 Å². The number of hydrogen-bond donors (Lipinski definition) is 1. The van der Waals surface area contributed by atoms with E-state index in [0.29, 0.717) is 18.2 Å². The molecule has 0 unspecified atom stereocenters. The molecule has 0 atom stereocenters. The first-order valence-corrected chi connectivity index (χ1v) is 9.22. The first-order valence-electron chi connectivity index (χ1n) is 9.22. The summed E-state index contributed by atoms with van der Waals surface area (Å²) in [4.78, 5) is 28.1. The zero-order valence-corrected chi connectivity index (χ0v) is 16.0. The highest BCUT2D eigenvalue weighted by Crippen LogP contribution is 2.30. The molecule has 0 saturated heterocycles. The van der Waals surface area contributed by atoms with Crippen LogP contribution in [-0.2, 0) is 15.7 Å². The number of hydrogen-bond acceptors (Lipinski definition) is 5. The molecule has 2 aromatic rings. The number of carbonyl (C=O) groups is 2. The third kappa shape index (κ3) is 5.12. The van der Waals surface area contributed by atoms with Crippen molar-refractivity contribution in [2.75, 3.05) is 13.2 Å². The maximum absolute atomic E-state index is 12.7. The second kappa shape index (κ2) is 8.22. The zero-order valence-electron chi connectivity index (χ0n) is 16.0. The maximum atomic E-state index is 12.7. The smallest absolute Gasteiger partial charge is 0.417 e. The molecule has 0 spiro atoms. The lowest BCUT2D eigenvalue weighted by Gasteiger charge is -2.13.